The minimum Gasteiger partial charge on any atom is -0.508 e. The average Bonchev–Trinajstić information content (AvgIpc) is 1.88. The summed E-state index contributed by atoms with van der Waals surface area (Å²) in [7, 11) is 0. The van der Waals surface area contributed by atoms with Crippen molar-refractivity contribution in [3.63, 3.8) is 0 Å². The van der Waals surface area contributed by atoms with Crippen LogP contribution in [0.3, 0.4) is 0 Å². The predicted molar refractivity (Wildman–Crippen MR) is 41.4 cm³/mol. The molecule has 1 aliphatic rings. The highest BCUT2D eigenvalue weighted by atomic mass is 16.3. The Balaban J connectivity index is 2.51. The standard InChI is InChI=1S/C8H12NO/c1-2-9-7-4-3-5-8(10)6-7/h4-6,9-10H,2-3H2,1H3. The van der Waals surface area contributed by atoms with Gasteiger partial charge in [-0.3, -0.25) is 0 Å². The van der Waals surface area contributed by atoms with Gasteiger partial charge in [-0.2, -0.15) is 0 Å². The minimum absolute atomic E-state index is 0.360. The first-order valence-electron chi connectivity index (χ1n) is 3.51. The number of hydrogen-bond donors (Lipinski definition) is 2. The average molecular weight is 138 g/mol. The van der Waals surface area contributed by atoms with Gasteiger partial charge < -0.3 is 10.4 Å². The van der Waals surface area contributed by atoms with Crippen molar-refractivity contribution in [2.24, 2.45) is 0 Å². The molecule has 1 rings (SSSR count). The Hall–Kier alpha value is -0.920. The van der Waals surface area contributed by atoms with E-state index < -0.39 is 0 Å². The molecular weight excluding hydrogens is 126 g/mol. The zero-order valence-corrected chi connectivity index (χ0v) is 6.09. The second-order valence-corrected chi connectivity index (χ2v) is 2.20. The molecule has 0 bridgehead atoms. The van der Waals surface area contributed by atoms with Crippen LogP contribution in [0.25, 0.3) is 0 Å². The lowest BCUT2D eigenvalue weighted by atomic mass is 10.1. The van der Waals surface area contributed by atoms with Gasteiger partial charge in [0, 0.05) is 18.7 Å². The highest BCUT2D eigenvalue weighted by Gasteiger charge is 2.01. The Morgan fingerprint density at radius 1 is 1.70 bits per heavy atom. The lowest BCUT2D eigenvalue weighted by Gasteiger charge is -2.10. The summed E-state index contributed by atoms with van der Waals surface area (Å²) < 4.78 is 0. The van der Waals surface area contributed by atoms with Crippen molar-refractivity contribution in [2.75, 3.05) is 6.54 Å². The Morgan fingerprint density at radius 2 is 2.50 bits per heavy atom. The van der Waals surface area contributed by atoms with Crippen molar-refractivity contribution in [3.8, 4) is 0 Å². The van der Waals surface area contributed by atoms with Crippen LogP contribution in [0.1, 0.15) is 13.3 Å². The molecular formula is C8H12NO. The maximum Gasteiger partial charge on any atom is 0.113 e. The van der Waals surface area contributed by atoms with Crippen LogP contribution in [0, 0.1) is 6.42 Å². The Morgan fingerprint density at radius 3 is 3.10 bits per heavy atom. The summed E-state index contributed by atoms with van der Waals surface area (Å²) in [6, 6.07) is 0. The Bertz CT molecular complexity index is 170. The smallest absolute Gasteiger partial charge is 0.113 e. The molecule has 0 aromatic rings. The fourth-order valence-corrected chi connectivity index (χ4v) is 0.911. The molecule has 0 atom stereocenters. The van der Waals surface area contributed by atoms with E-state index in [4.69, 9.17) is 5.11 Å². The first-order chi connectivity index (χ1) is 4.83. The van der Waals surface area contributed by atoms with Crippen molar-refractivity contribution in [1.82, 2.24) is 5.32 Å². The predicted octanol–water partition coefficient (Wildman–Crippen LogP) is 1.53. The van der Waals surface area contributed by atoms with Crippen LogP contribution < -0.4 is 5.32 Å². The molecule has 0 saturated heterocycles. The lowest BCUT2D eigenvalue weighted by Crippen LogP contribution is -2.14. The first-order valence-corrected chi connectivity index (χ1v) is 3.51. The van der Waals surface area contributed by atoms with Crippen LogP contribution in [-0.4, -0.2) is 11.7 Å². The van der Waals surface area contributed by atoms with Crippen LogP contribution in [0.5, 0.6) is 0 Å². The molecule has 0 fully saturated rings. The summed E-state index contributed by atoms with van der Waals surface area (Å²) in [6.45, 7) is 2.93. The van der Waals surface area contributed by atoms with Crippen LogP contribution in [0.4, 0.5) is 0 Å². The van der Waals surface area contributed by atoms with Crippen molar-refractivity contribution in [1.29, 1.82) is 0 Å². The van der Waals surface area contributed by atoms with Gasteiger partial charge >= 0.3 is 0 Å². The summed E-state index contributed by atoms with van der Waals surface area (Å²) in [4.78, 5) is 0. The first kappa shape index (κ1) is 7.19. The second kappa shape index (κ2) is 3.30. The molecule has 0 aromatic carbocycles. The van der Waals surface area contributed by atoms with Gasteiger partial charge in [0.2, 0.25) is 0 Å². The number of aliphatic hydroxyl groups is 1. The lowest BCUT2D eigenvalue weighted by molar-refractivity contribution is 0.426. The van der Waals surface area contributed by atoms with E-state index in [-0.39, 0.29) is 0 Å². The molecule has 55 valence electrons. The molecule has 2 heteroatoms. The molecule has 1 radical (unpaired) electrons. The van der Waals surface area contributed by atoms with Crippen molar-refractivity contribution < 1.29 is 5.11 Å². The van der Waals surface area contributed by atoms with E-state index in [0.29, 0.717) is 5.76 Å². The fraction of sp³-hybridized carbons (Fsp3) is 0.375. The summed E-state index contributed by atoms with van der Waals surface area (Å²) in [6.07, 6.45) is 6.38. The molecule has 2 N–H and O–H groups in total. The number of aliphatic hydroxyl groups excluding tert-OH is 1. The van der Waals surface area contributed by atoms with Crippen molar-refractivity contribution >= 4 is 0 Å². The van der Waals surface area contributed by atoms with E-state index in [1.165, 1.54) is 0 Å². The van der Waals surface area contributed by atoms with Crippen molar-refractivity contribution in [2.45, 2.75) is 13.3 Å². The Kier molecular flexibility index (Phi) is 2.37. The van der Waals surface area contributed by atoms with E-state index in [0.717, 1.165) is 18.7 Å². The monoisotopic (exact) mass is 138 g/mol. The van der Waals surface area contributed by atoms with Gasteiger partial charge in [0.1, 0.15) is 5.76 Å². The summed E-state index contributed by atoms with van der Waals surface area (Å²) in [5.41, 5.74) is 1.02. The van der Waals surface area contributed by atoms with Crippen LogP contribution in [-0.2, 0) is 0 Å². The third-order valence-electron chi connectivity index (χ3n) is 1.35. The van der Waals surface area contributed by atoms with Gasteiger partial charge in [-0.1, -0.05) is 0 Å². The summed E-state index contributed by atoms with van der Waals surface area (Å²) in [5, 5.41) is 12.2. The zero-order valence-electron chi connectivity index (χ0n) is 6.09. The summed E-state index contributed by atoms with van der Waals surface area (Å²) >= 11 is 0. The Labute approximate surface area is 61.3 Å². The van der Waals surface area contributed by atoms with E-state index in [9.17, 15) is 0 Å². The molecule has 10 heavy (non-hydrogen) atoms. The topological polar surface area (TPSA) is 32.3 Å². The highest BCUT2D eigenvalue weighted by Crippen LogP contribution is 2.11. The van der Waals surface area contributed by atoms with Gasteiger partial charge in [0.15, 0.2) is 0 Å². The van der Waals surface area contributed by atoms with E-state index in [2.05, 4.69) is 5.32 Å². The molecule has 2 nitrogen and oxygen atoms in total. The van der Waals surface area contributed by atoms with Crippen LogP contribution >= 0.6 is 0 Å². The zero-order chi connectivity index (χ0) is 7.40. The maximum absolute atomic E-state index is 9.03. The largest absolute Gasteiger partial charge is 0.508 e. The van der Waals surface area contributed by atoms with Crippen LogP contribution in [0.15, 0.2) is 23.6 Å². The number of allylic oxidation sites excluding steroid dienone is 3. The third-order valence-corrected chi connectivity index (χ3v) is 1.35. The normalized spacial score (nSPS) is 17.7. The van der Waals surface area contributed by atoms with Gasteiger partial charge in [0.05, 0.1) is 0 Å². The van der Waals surface area contributed by atoms with Gasteiger partial charge in [-0.25, -0.2) is 0 Å². The molecule has 0 spiro atoms. The molecule has 0 unspecified atom stereocenters. The maximum atomic E-state index is 9.03. The highest BCUT2D eigenvalue weighted by molar-refractivity contribution is 5.28. The quantitative estimate of drug-likeness (QED) is 0.606. The number of hydrogen-bond acceptors (Lipinski definition) is 2. The number of nitrogens with one attached hydrogen (secondary N) is 1. The van der Waals surface area contributed by atoms with E-state index >= 15 is 0 Å². The molecule has 0 amide bonds. The van der Waals surface area contributed by atoms with E-state index in [1.54, 1.807) is 12.2 Å². The molecule has 0 heterocycles. The summed E-state index contributed by atoms with van der Waals surface area (Å²) in [5.74, 6) is 0.360. The third kappa shape index (κ3) is 1.79. The number of rotatable bonds is 2. The SMILES string of the molecule is CCNC1=CC(O)=CC[CH]1. The molecule has 0 saturated carbocycles. The van der Waals surface area contributed by atoms with Crippen LogP contribution in [0.2, 0.25) is 0 Å². The minimum atomic E-state index is 0.360. The van der Waals surface area contributed by atoms with Gasteiger partial charge in [-0.05, 0) is 25.5 Å². The second-order valence-electron chi connectivity index (χ2n) is 2.20. The van der Waals surface area contributed by atoms with Gasteiger partial charge in [0.25, 0.3) is 0 Å². The molecule has 0 aromatic heterocycles. The molecule has 0 aliphatic heterocycles. The van der Waals surface area contributed by atoms with Crippen molar-refractivity contribution in [3.05, 3.63) is 30.0 Å². The fourth-order valence-electron chi connectivity index (χ4n) is 0.911. The molecule has 1 aliphatic carbocycles. The van der Waals surface area contributed by atoms with Gasteiger partial charge in [-0.15, -0.1) is 0 Å². The van der Waals surface area contributed by atoms with E-state index in [1.807, 2.05) is 13.3 Å².